The van der Waals surface area contributed by atoms with Gasteiger partial charge in [0.1, 0.15) is 5.75 Å². The van der Waals surface area contributed by atoms with E-state index in [9.17, 15) is 13.2 Å². The largest absolute Gasteiger partial charge is 0.573 e. The second kappa shape index (κ2) is 5.82. The first-order chi connectivity index (χ1) is 8.96. The van der Waals surface area contributed by atoms with E-state index in [1.807, 2.05) is 0 Å². The van der Waals surface area contributed by atoms with E-state index in [-0.39, 0.29) is 11.8 Å². The van der Waals surface area contributed by atoms with Gasteiger partial charge in [-0.3, -0.25) is 0 Å². The van der Waals surface area contributed by atoms with E-state index in [1.165, 1.54) is 31.4 Å². The maximum absolute atomic E-state index is 12.0. The van der Waals surface area contributed by atoms with Gasteiger partial charge in [-0.1, -0.05) is 31.4 Å². The van der Waals surface area contributed by atoms with Crippen LogP contribution >= 0.6 is 0 Å². The van der Waals surface area contributed by atoms with Gasteiger partial charge in [0.2, 0.25) is 0 Å². The molecule has 19 heavy (non-hydrogen) atoms. The first-order valence-corrected chi connectivity index (χ1v) is 6.57. The Labute approximate surface area is 110 Å². The van der Waals surface area contributed by atoms with Gasteiger partial charge < -0.3 is 10.5 Å². The third-order valence-corrected chi connectivity index (χ3v) is 3.66. The van der Waals surface area contributed by atoms with Gasteiger partial charge in [-0.25, -0.2) is 0 Å². The highest BCUT2D eigenvalue weighted by Gasteiger charge is 2.31. The molecule has 1 aliphatic carbocycles. The molecule has 0 aromatic heterocycles. The van der Waals surface area contributed by atoms with Crippen LogP contribution in [0.25, 0.3) is 0 Å². The van der Waals surface area contributed by atoms with Crippen LogP contribution in [0.5, 0.6) is 5.75 Å². The van der Waals surface area contributed by atoms with E-state index in [2.05, 4.69) is 4.74 Å². The molecule has 0 saturated heterocycles. The van der Waals surface area contributed by atoms with Crippen molar-refractivity contribution in [1.82, 2.24) is 0 Å². The van der Waals surface area contributed by atoms with Crippen molar-refractivity contribution in [2.24, 2.45) is 11.7 Å². The zero-order valence-electron chi connectivity index (χ0n) is 10.6. The normalized spacial score (nSPS) is 19.2. The van der Waals surface area contributed by atoms with Crippen molar-refractivity contribution in [3.63, 3.8) is 0 Å². The maximum Gasteiger partial charge on any atom is 0.573 e. The van der Waals surface area contributed by atoms with Crippen molar-refractivity contribution in [2.45, 2.75) is 44.5 Å². The summed E-state index contributed by atoms with van der Waals surface area (Å²) in [5, 5.41) is 0. The van der Waals surface area contributed by atoms with Gasteiger partial charge in [0.05, 0.1) is 0 Å². The summed E-state index contributed by atoms with van der Waals surface area (Å²) in [6.45, 7) is 0. The SMILES string of the molecule is N[C@H](c1ccc(OC(F)(F)F)cc1)C1CCCCC1. The fourth-order valence-corrected chi connectivity index (χ4v) is 2.66. The van der Waals surface area contributed by atoms with Gasteiger partial charge in [-0.2, -0.15) is 0 Å². The van der Waals surface area contributed by atoms with Gasteiger partial charge in [0.15, 0.2) is 0 Å². The Hall–Kier alpha value is -1.23. The fourth-order valence-electron chi connectivity index (χ4n) is 2.66. The zero-order valence-corrected chi connectivity index (χ0v) is 10.6. The molecule has 0 heterocycles. The van der Waals surface area contributed by atoms with Crippen LogP contribution in [0.15, 0.2) is 24.3 Å². The molecule has 0 aliphatic heterocycles. The van der Waals surface area contributed by atoms with Crippen LogP contribution in [0.2, 0.25) is 0 Å². The minimum absolute atomic E-state index is 0.0970. The molecule has 0 unspecified atom stereocenters. The van der Waals surface area contributed by atoms with Crippen LogP contribution in [0.3, 0.4) is 0 Å². The van der Waals surface area contributed by atoms with Crippen LogP contribution in [-0.2, 0) is 0 Å². The van der Waals surface area contributed by atoms with Gasteiger partial charge in [0, 0.05) is 6.04 Å². The number of hydrogen-bond acceptors (Lipinski definition) is 2. The number of ether oxygens (including phenoxy) is 1. The topological polar surface area (TPSA) is 35.2 Å². The quantitative estimate of drug-likeness (QED) is 0.897. The Bertz CT molecular complexity index is 396. The molecule has 5 heteroatoms. The number of benzene rings is 1. The number of halogens is 3. The Morgan fingerprint density at radius 3 is 2.16 bits per heavy atom. The van der Waals surface area contributed by atoms with Crippen molar-refractivity contribution in [2.75, 3.05) is 0 Å². The van der Waals surface area contributed by atoms with Gasteiger partial charge in [0.25, 0.3) is 0 Å². The lowest BCUT2D eigenvalue weighted by Gasteiger charge is -2.27. The minimum Gasteiger partial charge on any atom is -0.406 e. The summed E-state index contributed by atoms with van der Waals surface area (Å²) < 4.78 is 40.0. The van der Waals surface area contributed by atoms with Crippen molar-refractivity contribution < 1.29 is 17.9 Å². The molecule has 1 aromatic rings. The molecule has 2 rings (SSSR count). The smallest absolute Gasteiger partial charge is 0.406 e. The van der Waals surface area contributed by atoms with Gasteiger partial charge in [-0.15, -0.1) is 13.2 Å². The van der Waals surface area contributed by atoms with Crippen molar-refractivity contribution in [3.8, 4) is 5.75 Å². The van der Waals surface area contributed by atoms with Crippen molar-refractivity contribution in [3.05, 3.63) is 29.8 Å². The molecule has 1 aromatic carbocycles. The van der Waals surface area contributed by atoms with Crippen molar-refractivity contribution in [1.29, 1.82) is 0 Å². The number of nitrogens with two attached hydrogens (primary N) is 1. The second-order valence-electron chi connectivity index (χ2n) is 5.04. The third-order valence-electron chi connectivity index (χ3n) is 3.66. The van der Waals surface area contributed by atoms with Crippen LogP contribution < -0.4 is 10.5 Å². The summed E-state index contributed by atoms with van der Waals surface area (Å²) in [6.07, 6.45) is 1.18. The molecular weight excluding hydrogens is 255 g/mol. The summed E-state index contributed by atoms with van der Waals surface area (Å²) in [5.41, 5.74) is 7.06. The average Bonchev–Trinajstić information content (AvgIpc) is 2.38. The van der Waals surface area contributed by atoms with E-state index in [4.69, 9.17) is 5.73 Å². The number of hydrogen-bond donors (Lipinski definition) is 1. The standard InChI is InChI=1S/C14H18F3NO/c15-14(16,17)19-12-8-6-11(7-9-12)13(18)10-4-2-1-3-5-10/h6-10,13H,1-5,18H2/t13-/m0/s1. The Balaban J connectivity index is 2.01. The minimum atomic E-state index is -4.65. The second-order valence-corrected chi connectivity index (χ2v) is 5.04. The van der Waals surface area contributed by atoms with Crippen LogP contribution in [-0.4, -0.2) is 6.36 Å². The Morgan fingerprint density at radius 1 is 1.05 bits per heavy atom. The lowest BCUT2D eigenvalue weighted by molar-refractivity contribution is -0.274. The first-order valence-electron chi connectivity index (χ1n) is 6.57. The predicted octanol–water partition coefficient (Wildman–Crippen LogP) is 4.17. The summed E-state index contributed by atoms with van der Waals surface area (Å²) in [6, 6.07) is 5.80. The Kier molecular flexibility index (Phi) is 4.34. The molecule has 1 saturated carbocycles. The third kappa shape index (κ3) is 4.13. The maximum atomic E-state index is 12.0. The molecule has 1 atom stereocenters. The molecule has 1 aliphatic rings. The molecule has 2 nitrogen and oxygen atoms in total. The molecule has 0 spiro atoms. The lowest BCUT2D eigenvalue weighted by atomic mass is 9.81. The van der Waals surface area contributed by atoms with E-state index in [1.54, 1.807) is 12.1 Å². The van der Waals surface area contributed by atoms with Crippen LogP contribution in [0.4, 0.5) is 13.2 Å². The van der Waals surface area contributed by atoms with E-state index in [0.717, 1.165) is 18.4 Å². The molecule has 0 bridgehead atoms. The molecule has 0 radical (unpaired) electrons. The van der Waals surface area contributed by atoms with E-state index >= 15 is 0 Å². The first kappa shape index (κ1) is 14.2. The number of alkyl halides is 3. The monoisotopic (exact) mass is 273 g/mol. The lowest BCUT2D eigenvalue weighted by Crippen LogP contribution is -2.23. The summed E-state index contributed by atoms with van der Waals surface area (Å²) in [5.74, 6) is 0.232. The van der Waals surface area contributed by atoms with Crippen LogP contribution in [0, 0.1) is 5.92 Å². The van der Waals surface area contributed by atoms with Crippen molar-refractivity contribution >= 4 is 0 Å². The average molecular weight is 273 g/mol. The van der Waals surface area contributed by atoms with E-state index < -0.39 is 6.36 Å². The van der Waals surface area contributed by atoms with Gasteiger partial charge >= 0.3 is 6.36 Å². The highest BCUT2D eigenvalue weighted by atomic mass is 19.4. The van der Waals surface area contributed by atoms with E-state index in [0.29, 0.717) is 5.92 Å². The molecule has 106 valence electrons. The number of rotatable bonds is 3. The highest BCUT2D eigenvalue weighted by molar-refractivity contribution is 5.29. The predicted molar refractivity (Wildman–Crippen MR) is 66.6 cm³/mol. The molecular formula is C14H18F3NO. The highest BCUT2D eigenvalue weighted by Crippen LogP contribution is 2.33. The Morgan fingerprint density at radius 2 is 1.63 bits per heavy atom. The summed E-state index contributed by atoms with van der Waals surface area (Å²) >= 11 is 0. The summed E-state index contributed by atoms with van der Waals surface area (Å²) in [4.78, 5) is 0. The molecule has 1 fully saturated rings. The van der Waals surface area contributed by atoms with Crippen LogP contribution in [0.1, 0.15) is 43.7 Å². The molecule has 0 amide bonds. The fraction of sp³-hybridized carbons (Fsp3) is 0.571. The van der Waals surface area contributed by atoms with Gasteiger partial charge in [-0.05, 0) is 36.5 Å². The summed E-state index contributed by atoms with van der Waals surface area (Å²) in [7, 11) is 0. The zero-order chi connectivity index (χ0) is 13.9. The molecule has 2 N–H and O–H groups in total.